The first kappa shape index (κ1) is 23.4. The van der Waals surface area contributed by atoms with Crippen molar-refractivity contribution in [2.75, 3.05) is 32.6 Å². The zero-order chi connectivity index (χ0) is 23.8. The predicted octanol–water partition coefficient (Wildman–Crippen LogP) is 4.93. The molecule has 1 aliphatic heterocycles. The van der Waals surface area contributed by atoms with Crippen molar-refractivity contribution < 1.29 is 22.4 Å². The van der Waals surface area contributed by atoms with E-state index in [4.69, 9.17) is 4.42 Å². The van der Waals surface area contributed by atoms with Gasteiger partial charge in [-0.3, -0.25) is 10.2 Å². The molecule has 6 nitrogen and oxygen atoms in total. The Labute approximate surface area is 191 Å². The van der Waals surface area contributed by atoms with Gasteiger partial charge in [0.15, 0.2) is 5.76 Å². The third-order valence-corrected chi connectivity index (χ3v) is 6.59. The maximum Gasteiger partial charge on any atom is 0.416 e. The lowest BCUT2D eigenvalue weighted by molar-refractivity contribution is -0.137. The molecule has 1 aromatic heterocycles. The number of nitrogens with one attached hydrogen (secondary N) is 1. The van der Waals surface area contributed by atoms with Gasteiger partial charge in [0.1, 0.15) is 5.76 Å². The highest BCUT2D eigenvalue weighted by Gasteiger charge is 2.33. The predicted molar refractivity (Wildman–Crippen MR) is 121 cm³/mol. The lowest BCUT2D eigenvalue weighted by atomic mass is 9.93. The summed E-state index contributed by atoms with van der Waals surface area (Å²) in [7, 11) is 3.90. The molecule has 9 heteroatoms. The number of aryl methyl sites for hydroxylation is 1. The number of rotatable bonds is 4. The number of furan rings is 1. The molecular formula is C24H29F3N4O2. The third-order valence-electron chi connectivity index (χ3n) is 6.59. The van der Waals surface area contributed by atoms with E-state index in [0.717, 1.165) is 55.6 Å². The number of benzene rings is 1. The molecule has 33 heavy (non-hydrogen) atoms. The van der Waals surface area contributed by atoms with Crippen LogP contribution in [0.1, 0.15) is 58.7 Å². The highest BCUT2D eigenvalue weighted by atomic mass is 19.4. The number of likely N-dealkylation sites (tertiary alicyclic amines) is 1. The number of nitrogens with zero attached hydrogens (tertiary/aromatic N) is 3. The number of piperidine rings is 1. The largest absolute Gasteiger partial charge is 0.455 e. The van der Waals surface area contributed by atoms with Crippen LogP contribution in [0.5, 0.6) is 0 Å². The van der Waals surface area contributed by atoms with Crippen molar-refractivity contribution in [1.82, 2.24) is 9.80 Å². The smallest absolute Gasteiger partial charge is 0.416 e. The van der Waals surface area contributed by atoms with Crippen LogP contribution < -0.4 is 5.43 Å². The molecular weight excluding hydrogens is 433 g/mol. The number of hydrogen-bond acceptors (Lipinski definition) is 5. The van der Waals surface area contributed by atoms with Crippen LogP contribution in [0.2, 0.25) is 0 Å². The molecule has 1 aromatic carbocycles. The summed E-state index contributed by atoms with van der Waals surface area (Å²) < 4.78 is 45.0. The standard InChI is InChI=1S/C24H29F3N4O2/c1-15-21-19(29-28-17-7-4-6-16(14-17)24(25,26)27)8-5-9-20(21)33-22(15)23(32)31(3)18-10-12-30(2)13-11-18/h4,6-7,14,18,28H,5,8-13H2,1-3H3/b29-19+. The van der Waals surface area contributed by atoms with E-state index in [9.17, 15) is 18.0 Å². The lowest BCUT2D eigenvalue weighted by Gasteiger charge is -2.34. The minimum atomic E-state index is -4.42. The van der Waals surface area contributed by atoms with Crippen LogP contribution in [0.25, 0.3) is 0 Å². The normalized spacial score (nSPS) is 18.9. The van der Waals surface area contributed by atoms with Crippen molar-refractivity contribution in [2.45, 2.75) is 51.2 Å². The fourth-order valence-electron chi connectivity index (χ4n) is 4.59. The molecule has 2 aliphatic rings. The van der Waals surface area contributed by atoms with E-state index in [0.29, 0.717) is 30.1 Å². The number of alkyl halides is 3. The number of fused-ring (bicyclic) bond motifs is 1. The van der Waals surface area contributed by atoms with Gasteiger partial charge in [0.2, 0.25) is 0 Å². The monoisotopic (exact) mass is 462 g/mol. The summed E-state index contributed by atoms with van der Waals surface area (Å²) in [5.74, 6) is 0.903. The molecule has 1 amide bonds. The van der Waals surface area contributed by atoms with E-state index < -0.39 is 11.7 Å². The maximum absolute atomic E-state index is 13.2. The zero-order valence-corrected chi connectivity index (χ0v) is 19.1. The molecule has 2 heterocycles. The Morgan fingerprint density at radius 1 is 1.24 bits per heavy atom. The molecule has 0 unspecified atom stereocenters. The Hall–Kier alpha value is -2.81. The van der Waals surface area contributed by atoms with Crippen LogP contribution in [0.3, 0.4) is 0 Å². The molecule has 1 saturated heterocycles. The van der Waals surface area contributed by atoms with Gasteiger partial charge in [0.25, 0.3) is 5.91 Å². The summed E-state index contributed by atoms with van der Waals surface area (Å²) in [6, 6.07) is 5.11. The van der Waals surface area contributed by atoms with Gasteiger partial charge in [-0.05, 0) is 70.9 Å². The maximum atomic E-state index is 13.2. The number of halogens is 3. The minimum Gasteiger partial charge on any atom is -0.455 e. The van der Waals surface area contributed by atoms with Crippen LogP contribution >= 0.6 is 0 Å². The quantitative estimate of drug-likeness (QED) is 0.655. The molecule has 1 N–H and O–H groups in total. The van der Waals surface area contributed by atoms with Crippen molar-refractivity contribution in [2.24, 2.45) is 5.10 Å². The SMILES string of the molecule is Cc1c(C(=O)N(C)C2CCN(C)CC2)oc2c1/C(=N/Nc1cccc(C(F)(F)F)c1)CCC2. The van der Waals surface area contributed by atoms with Crippen LogP contribution in [-0.2, 0) is 12.6 Å². The first-order valence-electron chi connectivity index (χ1n) is 11.2. The van der Waals surface area contributed by atoms with Gasteiger partial charge in [-0.1, -0.05) is 6.07 Å². The van der Waals surface area contributed by atoms with E-state index in [-0.39, 0.29) is 17.6 Å². The molecule has 0 spiro atoms. The molecule has 2 aromatic rings. The number of hydrazone groups is 1. The highest BCUT2D eigenvalue weighted by molar-refractivity contribution is 6.06. The van der Waals surface area contributed by atoms with Crippen molar-refractivity contribution in [1.29, 1.82) is 0 Å². The summed E-state index contributed by atoms with van der Waals surface area (Å²) in [5.41, 5.74) is 4.50. The van der Waals surface area contributed by atoms with E-state index in [1.54, 1.807) is 4.90 Å². The molecule has 178 valence electrons. The fourth-order valence-corrected chi connectivity index (χ4v) is 4.59. The van der Waals surface area contributed by atoms with Crippen molar-refractivity contribution >= 4 is 17.3 Å². The van der Waals surface area contributed by atoms with Crippen LogP contribution in [-0.4, -0.2) is 54.6 Å². The van der Waals surface area contributed by atoms with Gasteiger partial charge in [-0.25, -0.2) is 0 Å². The van der Waals surface area contributed by atoms with Crippen molar-refractivity contribution in [3.05, 3.63) is 52.5 Å². The summed E-state index contributed by atoms with van der Waals surface area (Å²) >= 11 is 0. The number of anilines is 1. The Kier molecular flexibility index (Phi) is 6.52. The lowest BCUT2D eigenvalue weighted by Crippen LogP contribution is -2.44. The number of amides is 1. The van der Waals surface area contributed by atoms with Crippen LogP contribution in [0.15, 0.2) is 33.8 Å². The number of carbonyl (C=O) groups is 1. The van der Waals surface area contributed by atoms with Gasteiger partial charge in [0.05, 0.1) is 17.0 Å². The summed E-state index contributed by atoms with van der Waals surface area (Å²) in [4.78, 5) is 17.3. The molecule has 1 aliphatic carbocycles. The van der Waals surface area contributed by atoms with Gasteiger partial charge in [0, 0.05) is 30.6 Å². The van der Waals surface area contributed by atoms with E-state index in [2.05, 4.69) is 22.5 Å². The average Bonchev–Trinajstić information content (AvgIpc) is 3.14. The molecule has 0 atom stereocenters. The second kappa shape index (κ2) is 9.21. The molecule has 0 radical (unpaired) electrons. The third kappa shape index (κ3) is 4.93. The Morgan fingerprint density at radius 2 is 1.97 bits per heavy atom. The second-order valence-electron chi connectivity index (χ2n) is 8.91. The first-order valence-corrected chi connectivity index (χ1v) is 11.2. The van der Waals surface area contributed by atoms with E-state index in [1.165, 1.54) is 12.1 Å². The average molecular weight is 463 g/mol. The molecule has 4 rings (SSSR count). The molecule has 1 fully saturated rings. The number of carbonyl (C=O) groups excluding carboxylic acids is 1. The molecule has 0 saturated carbocycles. The Balaban J connectivity index is 1.56. The van der Waals surface area contributed by atoms with Gasteiger partial charge >= 0.3 is 6.18 Å². The van der Waals surface area contributed by atoms with Crippen molar-refractivity contribution in [3.63, 3.8) is 0 Å². The van der Waals surface area contributed by atoms with E-state index in [1.807, 2.05) is 14.0 Å². The minimum absolute atomic E-state index is 0.137. The number of hydrogen-bond donors (Lipinski definition) is 1. The van der Waals surface area contributed by atoms with Crippen molar-refractivity contribution in [3.8, 4) is 0 Å². The van der Waals surface area contributed by atoms with Gasteiger partial charge in [-0.2, -0.15) is 18.3 Å². The summed E-state index contributed by atoms with van der Waals surface area (Å²) in [6.45, 7) is 3.76. The first-order chi connectivity index (χ1) is 15.6. The summed E-state index contributed by atoms with van der Waals surface area (Å²) in [5, 5.41) is 4.40. The van der Waals surface area contributed by atoms with E-state index >= 15 is 0 Å². The van der Waals surface area contributed by atoms with Gasteiger partial charge < -0.3 is 14.2 Å². The molecule has 0 bridgehead atoms. The Bertz CT molecular complexity index is 1050. The highest BCUT2D eigenvalue weighted by Crippen LogP contribution is 2.33. The second-order valence-corrected chi connectivity index (χ2v) is 8.91. The van der Waals surface area contributed by atoms with Crippen LogP contribution in [0.4, 0.5) is 18.9 Å². The van der Waals surface area contributed by atoms with Crippen LogP contribution in [0, 0.1) is 6.92 Å². The zero-order valence-electron chi connectivity index (χ0n) is 19.1. The Morgan fingerprint density at radius 3 is 2.67 bits per heavy atom. The summed E-state index contributed by atoms with van der Waals surface area (Å²) in [6.07, 6.45) is -0.431. The van der Waals surface area contributed by atoms with Gasteiger partial charge in [-0.15, -0.1) is 0 Å². The topological polar surface area (TPSA) is 61.1 Å². The fraction of sp³-hybridized carbons (Fsp3) is 0.500.